The van der Waals surface area contributed by atoms with Crippen molar-refractivity contribution in [1.82, 2.24) is 5.32 Å². The number of anilines is 2. The zero-order valence-electron chi connectivity index (χ0n) is 15.4. The van der Waals surface area contributed by atoms with E-state index in [0.717, 1.165) is 16.8 Å². The van der Waals surface area contributed by atoms with Crippen LogP contribution in [0.5, 0.6) is 0 Å². The Bertz CT molecular complexity index is 754. The van der Waals surface area contributed by atoms with E-state index in [1.165, 1.54) is 0 Å². The second-order valence-electron chi connectivity index (χ2n) is 6.00. The minimum absolute atomic E-state index is 0.114. The van der Waals surface area contributed by atoms with E-state index in [9.17, 15) is 9.59 Å². The number of carbonyl (C=O) groups excluding carboxylic acids is 2. The number of para-hydroxylation sites is 1. The lowest BCUT2D eigenvalue weighted by Gasteiger charge is -2.13. The quantitative estimate of drug-likeness (QED) is 0.636. The van der Waals surface area contributed by atoms with Crippen molar-refractivity contribution >= 4 is 23.2 Å². The van der Waals surface area contributed by atoms with Gasteiger partial charge < -0.3 is 20.7 Å². The van der Waals surface area contributed by atoms with Crippen LogP contribution in [-0.2, 0) is 9.53 Å². The maximum atomic E-state index is 12.2. The molecule has 0 atom stereocenters. The second-order valence-corrected chi connectivity index (χ2v) is 6.00. The van der Waals surface area contributed by atoms with Gasteiger partial charge in [0, 0.05) is 30.6 Å². The van der Waals surface area contributed by atoms with Crippen molar-refractivity contribution in [2.75, 3.05) is 37.4 Å². The van der Waals surface area contributed by atoms with Crippen LogP contribution in [0.3, 0.4) is 0 Å². The number of hydrogen-bond donors (Lipinski definition) is 3. The molecule has 2 rings (SSSR count). The number of benzene rings is 2. The lowest BCUT2D eigenvalue weighted by atomic mass is 10.1. The van der Waals surface area contributed by atoms with Crippen LogP contribution in [-0.4, -0.2) is 38.6 Å². The Hall–Kier alpha value is -2.86. The van der Waals surface area contributed by atoms with Gasteiger partial charge in [0.15, 0.2) is 0 Å². The molecule has 0 radical (unpaired) electrons. The first-order chi connectivity index (χ1) is 12.5. The molecule has 6 nitrogen and oxygen atoms in total. The number of rotatable bonds is 8. The monoisotopic (exact) mass is 355 g/mol. The average Bonchev–Trinajstić information content (AvgIpc) is 2.63. The largest absolute Gasteiger partial charge is 0.383 e. The molecule has 0 saturated heterocycles. The highest BCUT2D eigenvalue weighted by Gasteiger charge is 2.09. The zero-order chi connectivity index (χ0) is 18.9. The van der Waals surface area contributed by atoms with E-state index in [-0.39, 0.29) is 18.4 Å². The van der Waals surface area contributed by atoms with Crippen LogP contribution < -0.4 is 16.0 Å². The normalized spacial score (nSPS) is 10.3. The Kier molecular flexibility index (Phi) is 7.17. The summed E-state index contributed by atoms with van der Waals surface area (Å²) in [7, 11) is 1.58. The van der Waals surface area contributed by atoms with Gasteiger partial charge in [0.25, 0.3) is 5.91 Å². The van der Waals surface area contributed by atoms with E-state index < -0.39 is 0 Å². The first-order valence-corrected chi connectivity index (χ1v) is 8.48. The minimum Gasteiger partial charge on any atom is -0.383 e. The van der Waals surface area contributed by atoms with Crippen LogP contribution in [0.25, 0.3) is 0 Å². The third-order valence-electron chi connectivity index (χ3n) is 3.92. The average molecular weight is 355 g/mol. The summed E-state index contributed by atoms with van der Waals surface area (Å²) in [6, 6.07) is 12.9. The van der Waals surface area contributed by atoms with Gasteiger partial charge in [-0.15, -0.1) is 0 Å². The number of carbonyl (C=O) groups is 2. The van der Waals surface area contributed by atoms with Gasteiger partial charge in [-0.05, 0) is 43.2 Å². The zero-order valence-corrected chi connectivity index (χ0v) is 15.4. The molecule has 138 valence electrons. The Morgan fingerprint density at radius 2 is 1.73 bits per heavy atom. The number of nitrogens with one attached hydrogen (secondary N) is 3. The molecule has 0 aliphatic heterocycles. The SMILES string of the molecule is COCCNC(=O)c1cccc(NCC(=O)Nc2c(C)cccc2C)c1. The molecule has 6 heteroatoms. The van der Waals surface area contributed by atoms with Crippen molar-refractivity contribution in [3.05, 3.63) is 59.2 Å². The fraction of sp³-hybridized carbons (Fsp3) is 0.300. The van der Waals surface area contributed by atoms with Crippen molar-refractivity contribution in [2.24, 2.45) is 0 Å². The van der Waals surface area contributed by atoms with E-state index in [1.54, 1.807) is 25.3 Å². The number of amides is 2. The van der Waals surface area contributed by atoms with Gasteiger partial charge in [0.05, 0.1) is 13.2 Å². The van der Waals surface area contributed by atoms with Gasteiger partial charge in [-0.1, -0.05) is 24.3 Å². The van der Waals surface area contributed by atoms with E-state index >= 15 is 0 Å². The number of aryl methyl sites for hydroxylation is 2. The predicted octanol–water partition coefficient (Wildman–Crippen LogP) is 2.73. The van der Waals surface area contributed by atoms with Crippen molar-refractivity contribution < 1.29 is 14.3 Å². The maximum Gasteiger partial charge on any atom is 0.251 e. The van der Waals surface area contributed by atoms with Gasteiger partial charge >= 0.3 is 0 Å². The first kappa shape index (κ1) is 19.5. The lowest BCUT2D eigenvalue weighted by molar-refractivity contribution is -0.114. The number of methoxy groups -OCH3 is 1. The highest BCUT2D eigenvalue weighted by molar-refractivity contribution is 5.96. The first-order valence-electron chi connectivity index (χ1n) is 8.48. The van der Waals surface area contributed by atoms with Gasteiger partial charge in [0.1, 0.15) is 0 Å². The molecule has 0 aliphatic rings. The molecular formula is C20H25N3O3. The number of hydrogen-bond acceptors (Lipinski definition) is 4. The summed E-state index contributed by atoms with van der Waals surface area (Å²) in [4.78, 5) is 24.3. The van der Waals surface area contributed by atoms with Gasteiger partial charge in [-0.2, -0.15) is 0 Å². The summed E-state index contributed by atoms with van der Waals surface area (Å²) < 4.78 is 4.91. The molecule has 0 aliphatic carbocycles. The van der Waals surface area contributed by atoms with Gasteiger partial charge in [0.2, 0.25) is 5.91 Å². The van der Waals surface area contributed by atoms with E-state index in [4.69, 9.17) is 4.74 Å². The number of ether oxygens (including phenoxy) is 1. The molecule has 0 fully saturated rings. The molecule has 0 bridgehead atoms. The second kappa shape index (κ2) is 9.58. The molecule has 0 heterocycles. The molecule has 3 N–H and O–H groups in total. The van der Waals surface area contributed by atoms with Crippen LogP contribution in [0.15, 0.2) is 42.5 Å². The third-order valence-corrected chi connectivity index (χ3v) is 3.92. The highest BCUT2D eigenvalue weighted by Crippen LogP contribution is 2.19. The fourth-order valence-electron chi connectivity index (χ4n) is 2.52. The van der Waals surface area contributed by atoms with Crippen LogP contribution in [0.2, 0.25) is 0 Å². The Balaban J connectivity index is 1.92. The molecule has 26 heavy (non-hydrogen) atoms. The van der Waals surface area contributed by atoms with Crippen molar-refractivity contribution in [1.29, 1.82) is 0 Å². The third kappa shape index (κ3) is 5.60. The van der Waals surface area contributed by atoms with Crippen LogP contribution in [0.4, 0.5) is 11.4 Å². The standard InChI is InChI=1S/C20H25N3O3/c1-14-6-4-7-15(2)19(14)23-18(24)13-22-17-9-5-8-16(12-17)20(25)21-10-11-26-3/h4-9,12,22H,10-11,13H2,1-3H3,(H,21,25)(H,23,24). The van der Waals surface area contributed by atoms with Crippen molar-refractivity contribution in [3.63, 3.8) is 0 Å². The summed E-state index contributed by atoms with van der Waals surface area (Å²) in [5.41, 5.74) is 4.12. The Morgan fingerprint density at radius 3 is 2.42 bits per heavy atom. The Morgan fingerprint density at radius 1 is 1.04 bits per heavy atom. The maximum absolute atomic E-state index is 12.2. The molecule has 2 aromatic rings. The summed E-state index contributed by atoms with van der Waals surface area (Å²) in [6.45, 7) is 4.94. The smallest absolute Gasteiger partial charge is 0.251 e. The van der Waals surface area contributed by atoms with Crippen LogP contribution in [0, 0.1) is 13.8 Å². The minimum atomic E-state index is -0.175. The van der Waals surface area contributed by atoms with Gasteiger partial charge in [-0.25, -0.2) is 0 Å². The molecule has 0 saturated carbocycles. The Labute approximate surface area is 153 Å². The summed E-state index contributed by atoms with van der Waals surface area (Å²) in [5.74, 6) is -0.317. The molecule has 0 aromatic heterocycles. The summed E-state index contributed by atoms with van der Waals surface area (Å²) in [6.07, 6.45) is 0. The van der Waals surface area contributed by atoms with Crippen LogP contribution in [0.1, 0.15) is 21.5 Å². The summed E-state index contributed by atoms with van der Waals surface area (Å²) in [5, 5.41) is 8.74. The summed E-state index contributed by atoms with van der Waals surface area (Å²) >= 11 is 0. The van der Waals surface area contributed by atoms with E-state index in [1.807, 2.05) is 38.1 Å². The fourth-order valence-corrected chi connectivity index (χ4v) is 2.52. The topological polar surface area (TPSA) is 79.5 Å². The molecule has 0 spiro atoms. The van der Waals surface area contributed by atoms with E-state index in [2.05, 4.69) is 16.0 Å². The highest BCUT2D eigenvalue weighted by atomic mass is 16.5. The molecule has 2 aromatic carbocycles. The molecule has 0 unspecified atom stereocenters. The van der Waals surface area contributed by atoms with E-state index in [0.29, 0.717) is 24.4 Å². The molecular weight excluding hydrogens is 330 g/mol. The van der Waals surface area contributed by atoms with Gasteiger partial charge in [-0.3, -0.25) is 9.59 Å². The van der Waals surface area contributed by atoms with Crippen LogP contribution >= 0.6 is 0 Å². The predicted molar refractivity (Wildman–Crippen MR) is 104 cm³/mol. The lowest BCUT2D eigenvalue weighted by Crippen LogP contribution is -2.27. The molecule has 2 amide bonds. The van der Waals surface area contributed by atoms with Crippen molar-refractivity contribution in [3.8, 4) is 0 Å². The van der Waals surface area contributed by atoms with Crippen molar-refractivity contribution in [2.45, 2.75) is 13.8 Å².